The average molecular weight is 374 g/mol. The summed E-state index contributed by atoms with van der Waals surface area (Å²) in [5.74, 6) is 1.90. The highest BCUT2D eigenvalue weighted by molar-refractivity contribution is 7.99. The molecule has 26 heavy (non-hydrogen) atoms. The summed E-state index contributed by atoms with van der Waals surface area (Å²) in [5, 5.41) is 2.91. The Balaban J connectivity index is 0.00000163. The Morgan fingerprint density at radius 3 is 2.27 bits per heavy atom. The maximum Gasteiger partial charge on any atom is 0.413 e. The number of carbonyl (C=O) groups is 1. The Bertz CT molecular complexity index is 671. The van der Waals surface area contributed by atoms with Crippen LogP contribution < -0.4 is 10.1 Å². The van der Waals surface area contributed by atoms with Gasteiger partial charge >= 0.3 is 6.09 Å². The van der Waals surface area contributed by atoms with Crippen molar-refractivity contribution < 1.29 is 9.53 Å². The molecule has 0 saturated carbocycles. The number of thioether (sulfide) groups is 1. The average Bonchev–Trinajstić information content (AvgIpc) is 2.65. The first kappa shape index (κ1) is 22.1. The van der Waals surface area contributed by atoms with Crippen molar-refractivity contribution >= 4 is 17.9 Å². The van der Waals surface area contributed by atoms with Crippen LogP contribution in [0.25, 0.3) is 0 Å². The third-order valence-corrected chi connectivity index (χ3v) is 4.68. The van der Waals surface area contributed by atoms with E-state index >= 15 is 0 Å². The zero-order valence-electron chi connectivity index (χ0n) is 16.7. The van der Waals surface area contributed by atoms with Crippen LogP contribution in [0.3, 0.4) is 0 Å². The van der Waals surface area contributed by atoms with Gasteiger partial charge < -0.3 is 10.1 Å². The summed E-state index contributed by atoms with van der Waals surface area (Å²) in [4.78, 5) is 13.4. The van der Waals surface area contributed by atoms with E-state index in [1.807, 2.05) is 69.3 Å². The fraction of sp³-hybridized carbons (Fsp3) is 0.409. The molecule has 0 unspecified atom stereocenters. The van der Waals surface area contributed by atoms with Crippen LogP contribution in [-0.4, -0.2) is 11.8 Å². The molecule has 1 N–H and O–H groups in total. The number of rotatable bonds is 6. The third-order valence-electron chi connectivity index (χ3n) is 3.76. The van der Waals surface area contributed by atoms with Gasteiger partial charge in [-0.2, -0.15) is 0 Å². The van der Waals surface area contributed by atoms with Crippen LogP contribution in [0.4, 0.5) is 4.79 Å². The Kier molecular flexibility index (Phi) is 9.89. The number of amides is 1. The van der Waals surface area contributed by atoms with Gasteiger partial charge in [0.15, 0.2) is 0 Å². The lowest BCUT2D eigenvalue weighted by Crippen LogP contribution is -2.30. The molecule has 1 atom stereocenters. The standard InChI is InChI=1S/C20H25NO2S.C2H6/c1-5-24-18-13-9-12-17(14(2)3)19(18)23-20(22)21-15(4)16-10-7-6-8-11-16;1-2/h6-15H,5H2,1-4H3,(H,21,22);1-2H3/t15-;/m1./s1. The Hall–Kier alpha value is -1.94. The quantitative estimate of drug-likeness (QED) is 0.566. The summed E-state index contributed by atoms with van der Waals surface area (Å²) in [6, 6.07) is 15.8. The molecule has 0 aliphatic rings. The van der Waals surface area contributed by atoms with Gasteiger partial charge in [-0.05, 0) is 35.8 Å². The molecule has 2 aromatic carbocycles. The van der Waals surface area contributed by atoms with Crippen LogP contribution in [0, 0.1) is 0 Å². The summed E-state index contributed by atoms with van der Waals surface area (Å²) in [6.07, 6.45) is -0.419. The van der Waals surface area contributed by atoms with E-state index in [0.29, 0.717) is 5.75 Å². The normalized spacial score (nSPS) is 11.3. The largest absolute Gasteiger partial charge is 0.413 e. The molecule has 0 fully saturated rings. The minimum Gasteiger partial charge on any atom is -0.409 e. The van der Waals surface area contributed by atoms with Crippen LogP contribution in [0.5, 0.6) is 5.75 Å². The highest BCUT2D eigenvalue weighted by atomic mass is 32.2. The van der Waals surface area contributed by atoms with Gasteiger partial charge in [0.1, 0.15) is 5.75 Å². The minimum absolute atomic E-state index is 0.104. The molecular formula is C22H31NO2S. The first-order chi connectivity index (χ1) is 12.5. The SMILES string of the molecule is CC.CCSc1cccc(C(C)C)c1OC(=O)N[C@H](C)c1ccccc1. The summed E-state index contributed by atoms with van der Waals surface area (Å²) in [7, 11) is 0. The second-order valence-corrected chi connectivity index (χ2v) is 7.23. The molecule has 0 aliphatic heterocycles. The summed E-state index contributed by atoms with van der Waals surface area (Å²) in [5.41, 5.74) is 2.10. The van der Waals surface area contributed by atoms with Gasteiger partial charge in [0.05, 0.1) is 10.9 Å². The smallest absolute Gasteiger partial charge is 0.409 e. The minimum atomic E-state index is -0.419. The number of para-hydroxylation sites is 1. The molecular weight excluding hydrogens is 342 g/mol. The molecule has 1 amide bonds. The molecule has 0 bridgehead atoms. The molecule has 0 aromatic heterocycles. The van der Waals surface area contributed by atoms with E-state index in [1.165, 1.54) is 0 Å². The van der Waals surface area contributed by atoms with Gasteiger partial charge in [-0.1, -0.05) is 77.1 Å². The van der Waals surface area contributed by atoms with Crippen molar-refractivity contribution in [1.82, 2.24) is 5.32 Å². The summed E-state index contributed by atoms with van der Waals surface area (Å²) >= 11 is 1.69. The molecule has 4 heteroatoms. The monoisotopic (exact) mass is 373 g/mol. The van der Waals surface area contributed by atoms with Gasteiger partial charge in [0, 0.05) is 0 Å². The number of carbonyl (C=O) groups excluding carboxylic acids is 1. The first-order valence-corrected chi connectivity index (χ1v) is 10.3. The van der Waals surface area contributed by atoms with Gasteiger partial charge in [0.2, 0.25) is 0 Å². The van der Waals surface area contributed by atoms with E-state index in [9.17, 15) is 4.79 Å². The second-order valence-electron chi connectivity index (χ2n) is 5.93. The molecule has 2 rings (SSSR count). The van der Waals surface area contributed by atoms with Crippen LogP contribution in [0.1, 0.15) is 64.6 Å². The molecule has 142 valence electrons. The Morgan fingerprint density at radius 2 is 1.69 bits per heavy atom. The topological polar surface area (TPSA) is 38.3 Å². The van der Waals surface area contributed by atoms with Crippen molar-refractivity contribution in [3.8, 4) is 5.75 Å². The highest BCUT2D eigenvalue weighted by Gasteiger charge is 2.18. The second kappa shape index (κ2) is 11.6. The maximum absolute atomic E-state index is 12.4. The molecule has 3 nitrogen and oxygen atoms in total. The van der Waals surface area contributed by atoms with Crippen molar-refractivity contribution in [2.45, 2.75) is 58.4 Å². The molecule has 2 aromatic rings. The molecule has 0 radical (unpaired) electrons. The van der Waals surface area contributed by atoms with Crippen LogP contribution in [0.15, 0.2) is 53.4 Å². The van der Waals surface area contributed by atoms with Gasteiger partial charge in [0.25, 0.3) is 0 Å². The number of nitrogens with one attached hydrogen (secondary N) is 1. The lowest BCUT2D eigenvalue weighted by molar-refractivity contribution is 0.195. The fourth-order valence-electron chi connectivity index (χ4n) is 2.49. The van der Waals surface area contributed by atoms with E-state index in [-0.39, 0.29) is 12.0 Å². The van der Waals surface area contributed by atoms with E-state index in [2.05, 4.69) is 26.1 Å². The highest BCUT2D eigenvalue weighted by Crippen LogP contribution is 2.36. The zero-order valence-corrected chi connectivity index (χ0v) is 17.5. The van der Waals surface area contributed by atoms with Gasteiger partial charge in [-0.15, -0.1) is 11.8 Å². The van der Waals surface area contributed by atoms with Crippen LogP contribution in [-0.2, 0) is 0 Å². The van der Waals surface area contributed by atoms with Crippen LogP contribution in [0.2, 0.25) is 0 Å². The fourth-order valence-corrected chi connectivity index (χ4v) is 3.27. The summed E-state index contributed by atoms with van der Waals surface area (Å²) in [6.45, 7) is 12.3. The molecule has 0 aliphatic carbocycles. The van der Waals surface area contributed by atoms with Gasteiger partial charge in [-0.25, -0.2) is 4.79 Å². The lowest BCUT2D eigenvalue weighted by Gasteiger charge is -2.18. The van der Waals surface area contributed by atoms with Crippen molar-refractivity contribution in [2.75, 3.05) is 5.75 Å². The predicted octanol–water partition coefficient (Wildman–Crippen LogP) is 6.80. The van der Waals surface area contributed by atoms with E-state index in [0.717, 1.165) is 21.8 Å². The zero-order chi connectivity index (χ0) is 19.5. The lowest BCUT2D eigenvalue weighted by atomic mass is 10.0. The first-order valence-electron chi connectivity index (χ1n) is 9.32. The van der Waals surface area contributed by atoms with Crippen molar-refractivity contribution in [2.24, 2.45) is 0 Å². The number of hydrogen-bond acceptors (Lipinski definition) is 3. The Labute approximate surface area is 162 Å². The maximum atomic E-state index is 12.4. The molecule has 0 heterocycles. The number of ether oxygens (including phenoxy) is 1. The molecule has 0 saturated heterocycles. The van der Waals surface area contributed by atoms with E-state index < -0.39 is 6.09 Å². The van der Waals surface area contributed by atoms with E-state index in [1.54, 1.807) is 11.8 Å². The van der Waals surface area contributed by atoms with Gasteiger partial charge in [-0.3, -0.25) is 0 Å². The van der Waals surface area contributed by atoms with Crippen molar-refractivity contribution in [1.29, 1.82) is 0 Å². The Morgan fingerprint density at radius 1 is 1.04 bits per heavy atom. The summed E-state index contributed by atoms with van der Waals surface area (Å²) < 4.78 is 5.71. The van der Waals surface area contributed by atoms with Crippen molar-refractivity contribution in [3.05, 3.63) is 59.7 Å². The van der Waals surface area contributed by atoms with E-state index in [4.69, 9.17) is 4.74 Å². The number of hydrogen-bond donors (Lipinski definition) is 1. The molecule has 0 spiro atoms. The van der Waals surface area contributed by atoms with Crippen LogP contribution >= 0.6 is 11.8 Å². The third kappa shape index (κ3) is 6.41. The number of benzene rings is 2. The van der Waals surface area contributed by atoms with Crippen molar-refractivity contribution in [3.63, 3.8) is 0 Å². The predicted molar refractivity (Wildman–Crippen MR) is 112 cm³/mol.